The molecule has 1 aliphatic heterocycles. The second kappa shape index (κ2) is 6.65. The molecular weight excluding hydrogens is 241 g/mol. The van der Waals surface area contributed by atoms with Crippen LogP contribution in [0, 0.1) is 17.1 Å². The van der Waals surface area contributed by atoms with Gasteiger partial charge in [0.2, 0.25) is 0 Å². The van der Waals surface area contributed by atoms with Gasteiger partial charge in [-0.1, -0.05) is 6.92 Å². The topological polar surface area (TPSA) is 39.1 Å². The highest BCUT2D eigenvalue weighted by molar-refractivity contribution is 5.33. The minimum atomic E-state index is -0.327. The van der Waals surface area contributed by atoms with Crippen molar-refractivity contribution in [3.63, 3.8) is 0 Å². The highest BCUT2D eigenvalue weighted by atomic mass is 19.1. The van der Waals surface area contributed by atoms with Gasteiger partial charge in [-0.25, -0.2) is 4.39 Å². The third-order valence-electron chi connectivity index (χ3n) is 3.67. The summed E-state index contributed by atoms with van der Waals surface area (Å²) in [4.78, 5) is 2.35. The van der Waals surface area contributed by atoms with Crippen molar-refractivity contribution in [2.24, 2.45) is 0 Å². The molecule has 0 aromatic heterocycles. The van der Waals surface area contributed by atoms with Gasteiger partial charge in [-0.05, 0) is 49.7 Å². The van der Waals surface area contributed by atoms with E-state index in [1.807, 2.05) is 6.07 Å². The van der Waals surface area contributed by atoms with E-state index in [0.717, 1.165) is 25.2 Å². The predicted molar refractivity (Wildman–Crippen MR) is 73.1 cm³/mol. The van der Waals surface area contributed by atoms with Gasteiger partial charge in [0.1, 0.15) is 5.82 Å². The molecule has 102 valence electrons. The van der Waals surface area contributed by atoms with Gasteiger partial charge in [-0.15, -0.1) is 0 Å². The third kappa shape index (κ3) is 3.76. The van der Waals surface area contributed by atoms with Crippen LogP contribution in [0.3, 0.4) is 0 Å². The van der Waals surface area contributed by atoms with Crippen LogP contribution in [0.2, 0.25) is 0 Å². The van der Waals surface area contributed by atoms with Crippen LogP contribution < -0.4 is 5.32 Å². The lowest BCUT2D eigenvalue weighted by atomic mass is 10.0. The number of halogens is 1. The van der Waals surface area contributed by atoms with Crippen LogP contribution in [0.15, 0.2) is 18.2 Å². The highest BCUT2D eigenvalue weighted by Crippen LogP contribution is 2.16. The van der Waals surface area contributed by atoms with Crippen LogP contribution in [0.25, 0.3) is 0 Å². The summed E-state index contributed by atoms with van der Waals surface area (Å²) in [6, 6.07) is 7.10. The molecule has 0 saturated carbocycles. The molecule has 1 saturated heterocycles. The largest absolute Gasteiger partial charge is 0.315 e. The molecule has 19 heavy (non-hydrogen) atoms. The van der Waals surface area contributed by atoms with Crippen LogP contribution in [0.1, 0.15) is 30.9 Å². The zero-order valence-electron chi connectivity index (χ0n) is 11.3. The van der Waals surface area contributed by atoms with Crippen LogP contribution in [0.4, 0.5) is 4.39 Å². The Bertz CT molecular complexity index is 461. The van der Waals surface area contributed by atoms with Gasteiger partial charge < -0.3 is 5.32 Å². The van der Waals surface area contributed by atoms with Crippen LogP contribution in [-0.2, 0) is 6.54 Å². The molecule has 1 aromatic carbocycles. The first kappa shape index (κ1) is 14.0. The number of benzene rings is 1. The second-order valence-corrected chi connectivity index (χ2v) is 5.02. The van der Waals surface area contributed by atoms with Crippen molar-refractivity contribution < 1.29 is 4.39 Å². The Morgan fingerprint density at radius 1 is 1.47 bits per heavy atom. The fourth-order valence-corrected chi connectivity index (χ4v) is 2.68. The van der Waals surface area contributed by atoms with Gasteiger partial charge in [0.05, 0.1) is 11.6 Å². The van der Waals surface area contributed by atoms with Crippen LogP contribution in [0.5, 0.6) is 0 Å². The summed E-state index contributed by atoms with van der Waals surface area (Å²) in [5.74, 6) is -0.327. The number of likely N-dealkylation sites (N-methyl/N-ethyl adjacent to an activating group) is 1. The molecule has 1 atom stereocenters. The first-order valence-corrected chi connectivity index (χ1v) is 6.87. The highest BCUT2D eigenvalue weighted by Gasteiger charge is 2.19. The normalized spacial score (nSPS) is 19.4. The minimum Gasteiger partial charge on any atom is -0.315 e. The molecule has 0 aliphatic carbocycles. The summed E-state index contributed by atoms with van der Waals surface area (Å²) >= 11 is 0. The lowest BCUT2D eigenvalue weighted by Gasteiger charge is -2.34. The van der Waals surface area contributed by atoms with Crippen molar-refractivity contribution in [3.8, 4) is 6.07 Å². The summed E-state index contributed by atoms with van der Waals surface area (Å²) in [6.07, 6.45) is 2.37. The number of hydrogen-bond acceptors (Lipinski definition) is 3. The summed E-state index contributed by atoms with van der Waals surface area (Å²) in [6.45, 7) is 5.85. The van der Waals surface area contributed by atoms with E-state index in [1.54, 1.807) is 6.07 Å². The Balaban J connectivity index is 2.09. The molecule has 4 heteroatoms. The smallest absolute Gasteiger partial charge is 0.124 e. The lowest BCUT2D eigenvalue weighted by Crippen LogP contribution is -2.45. The molecule has 1 heterocycles. The van der Waals surface area contributed by atoms with E-state index in [0.29, 0.717) is 18.2 Å². The Hall–Kier alpha value is -1.44. The second-order valence-electron chi connectivity index (χ2n) is 5.02. The number of nitrogens with zero attached hydrogens (tertiary/aromatic N) is 2. The van der Waals surface area contributed by atoms with Crippen molar-refractivity contribution in [2.45, 2.75) is 32.4 Å². The van der Waals surface area contributed by atoms with Crippen molar-refractivity contribution in [3.05, 3.63) is 35.1 Å². The molecule has 1 aromatic rings. The van der Waals surface area contributed by atoms with E-state index in [-0.39, 0.29) is 5.82 Å². The van der Waals surface area contributed by atoms with Gasteiger partial charge in [-0.3, -0.25) is 4.90 Å². The van der Waals surface area contributed by atoms with Crippen molar-refractivity contribution in [1.82, 2.24) is 10.2 Å². The quantitative estimate of drug-likeness (QED) is 0.903. The number of rotatable bonds is 4. The lowest BCUT2D eigenvalue weighted by molar-refractivity contribution is 0.166. The van der Waals surface area contributed by atoms with Gasteiger partial charge in [-0.2, -0.15) is 5.26 Å². The van der Waals surface area contributed by atoms with Crippen LogP contribution >= 0.6 is 0 Å². The Morgan fingerprint density at radius 3 is 2.95 bits per heavy atom. The van der Waals surface area contributed by atoms with Crippen LogP contribution in [-0.4, -0.2) is 30.6 Å². The van der Waals surface area contributed by atoms with Crippen molar-refractivity contribution >= 4 is 0 Å². The molecule has 0 radical (unpaired) electrons. The van der Waals surface area contributed by atoms with Gasteiger partial charge in [0.25, 0.3) is 0 Å². The molecule has 0 spiro atoms. The van der Waals surface area contributed by atoms with Gasteiger partial charge >= 0.3 is 0 Å². The third-order valence-corrected chi connectivity index (χ3v) is 3.67. The van der Waals surface area contributed by atoms with Gasteiger partial charge in [0.15, 0.2) is 0 Å². The average Bonchev–Trinajstić information content (AvgIpc) is 2.45. The molecular formula is C15H20FN3. The first-order chi connectivity index (χ1) is 9.22. The van der Waals surface area contributed by atoms with E-state index in [1.165, 1.54) is 25.0 Å². The standard InChI is InChI=1S/C15H20FN3/c1-2-19(15-4-3-5-18-10-15)11-13-6-12(9-17)7-14(16)8-13/h6-8,15,18H,2-5,10-11H2,1H3. The predicted octanol–water partition coefficient (Wildman–Crippen LogP) is 2.27. The minimum absolute atomic E-state index is 0.327. The zero-order chi connectivity index (χ0) is 13.7. The Morgan fingerprint density at radius 2 is 2.32 bits per heavy atom. The molecule has 2 rings (SSSR count). The summed E-state index contributed by atoms with van der Waals surface area (Å²) in [7, 11) is 0. The molecule has 3 nitrogen and oxygen atoms in total. The molecule has 0 bridgehead atoms. The maximum absolute atomic E-state index is 13.4. The fourth-order valence-electron chi connectivity index (χ4n) is 2.68. The molecule has 1 N–H and O–H groups in total. The molecule has 1 fully saturated rings. The average molecular weight is 261 g/mol. The summed E-state index contributed by atoms with van der Waals surface area (Å²) in [5.41, 5.74) is 1.27. The maximum Gasteiger partial charge on any atom is 0.124 e. The van der Waals surface area contributed by atoms with E-state index in [2.05, 4.69) is 17.1 Å². The van der Waals surface area contributed by atoms with E-state index < -0.39 is 0 Å². The SMILES string of the molecule is CCN(Cc1cc(F)cc(C#N)c1)C1CCCNC1. The Labute approximate surface area is 114 Å². The van der Waals surface area contributed by atoms with Crippen molar-refractivity contribution in [1.29, 1.82) is 5.26 Å². The maximum atomic E-state index is 13.4. The Kier molecular flexibility index (Phi) is 4.89. The number of nitriles is 1. The van der Waals surface area contributed by atoms with E-state index in [9.17, 15) is 4.39 Å². The number of nitrogens with one attached hydrogen (secondary N) is 1. The molecule has 1 aliphatic rings. The summed E-state index contributed by atoms with van der Waals surface area (Å²) < 4.78 is 13.4. The number of hydrogen-bond donors (Lipinski definition) is 1. The molecule has 0 amide bonds. The van der Waals surface area contributed by atoms with E-state index in [4.69, 9.17) is 5.26 Å². The van der Waals surface area contributed by atoms with E-state index >= 15 is 0 Å². The monoisotopic (exact) mass is 261 g/mol. The molecule has 1 unspecified atom stereocenters. The summed E-state index contributed by atoms with van der Waals surface area (Å²) in [5, 5.41) is 12.3. The zero-order valence-corrected chi connectivity index (χ0v) is 11.3. The number of piperidine rings is 1. The fraction of sp³-hybridized carbons (Fsp3) is 0.533. The van der Waals surface area contributed by atoms with Gasteiger partial charge in [0, 0.05) is 19.1 Å². The first-order valence-electron chi connectivity index (χ1n) is 6.87. The van der Waals surface area contributed by atoms with Crippen molar-refractivity contribution in [2.75, 3.05) is 19.6 Å².